The molecule has 0 unspecified atom stereocenters. The number of hydrogen-bond donors (Lipinski definition) is 3. The summed E-state index contributed by atoms with van der Waals surface area (Å²) in [6.07, 6.45) is 5.78. The highest BCUT2D eigenvalue weighted by Gasteiger charge is 2.25. The first-order valence-electron chi connectivity index (χ1n) is 11.7. The van der Waals surface area contributed by atoms with E-state index in [0.29, 0.717) is 40.8 Å². The molecule has 182 valence electrons. The van der Waals surface area contributed by atoms with Crippen LogP contribution in [0, 0.1) is 12.8 Å². The van der Waals surface area contributed by atoms with Crippen molar-refractivity contribution in [2.75, 3.05) is 27.8 Å². The molecule has 3 aromatic rings. The van der Waals surface area contributed by atoms with Crippen LogP contribution in [-0.4, -0.2) is 28.5 Å². The zero-order chi connectivity index (χ0) is 24.8. The standard InChI is InChI=1S/C26H29FN6O2/c1-17-9-10-21(31-25(34)20-8-4-7-19(11-20)14-27)12-22(17)32-26(35)33(15-18-5-2-3-6-18)24-13-23(28)29-16-30-24/h4,7-13,16,18H,2-3,5-6,14-15H2,1H3,(H,31,34)(H,32,35)(H2,28,29,30). The van der Waals surface area contributed by atoms with Crippen LogP contribution in [0.25, 0.3) is 0 Å². The summed E-state index contributed by atoms with van der Waals surface area (Å²) in [5.74, 6) is 0.762. The molecular weight excluding hydrogens is 447 g/mol. The summed E-state index contributed by atoms with van der Waals surface area (Å²) in [6, 6.07) is 12.9. The van der Waals surface area contributed by atoms with E-state index in [1.165, 1.54) is 12.4 Å². The van der Waals surface area contributed by atoms with Gasteiger partial charge < -0.3 is 16.4 Å². The largest absolute Gasteiger partial charge is 0.384 e. The third kappa shape index (κ3) is 6.11. The Morgan fingerprint density at radius 1 is 1.09 bits per heavy atom. The van der Waals surface area contributed by atoms with Gasteiger partial charge in [0.2, 0.25) is 0 Å². The van der Waals surface area contributed by atoms with Gasteiger partial charge in [0, 0.05) is 29.5 Å². The maximum absolute atomic E-state index is 13.4. The number of nitrogens with two attached hydrogens (primary N) is 1. The number of carbonyl (C=O) groups is 2. The number of alkyl halides is 1. The minimum absolute atomic E-state index is 0.289. The number of halogens is 1. The van der Waals surface area contributed by atoms with Gasteiger partial charge in [-0.15, -0.1) is 0 Å². The molecule has 0 spiro atoms. The van der Waals surface area contributed by atoms with Gasteiger partial charge in [-0.2, -0.15) is 0 Å². The van der Waals surface area contributed by atoms with Crippen molar-refractivity contribution in [3.8, 4) is 0 Å². The molecule has 0 bridgehead atoms. The van der Waals surface area contributed by atoms with Gasteiger partial charge in [0.15, 0.2) is 0 Å². The third-order valence-corrected chi connectivity index (χ3v) is 6.19. The number of nitrogen functional groups attached to an aromatic ring is 1. The average Bonchev–Trinajstić information content (AvgIpc) is 3.38. The minimum Gasteiger partial charge on any atom is -0.384 e. The average molecular weight is 477 g/mol. The van der Waals surface area contributed by atoms with Crippen molar-refractivity contribution < 1.29 is 14.0 Å². The maximum Gasteiger partial charge on any atom is 0.327 e. The second-order valence-corrected chi connectivity index (χ2v) is 8.81. The number of nitrogens with zero attached hydrogens (tertiary/aromatic N) is 3. The van der Waals surface area contributed by atoms with Gasteiger partial charge in [0.1, 0.15) is 24.6 Å². The smallest absolute Gasteiger partial charge is 0.327 e. The van der Waals surface area contributed by atoms with Gasteiger partial charge >= 0.3 is 6.03 Å². The summed E-state index contributed by atoms with van der Waals surface area (Å²) in [5.41, 5.74) is 8.53. The van der Waals surface area contributed by atoms with Crippen LogP contribution in [0.4, 0.5) is 32.2 Å². The highest BCUT2D eigenvalue weighted by atomic mass is 19.1. The summed E-state index contributed by atoms with van der Waals surface area (Å²) >= 11 is 0. The first-order valence-corrected chi connectivity index (χ1v) is 11.7. The predicted octanol–water partition coefficient (Wildman–Crippen LogP) is 5.32. The van der Waals surface area contributed by atoms with Gasteiger partial charge in [-0.1, -0.05) is 31.0 Å². The van der Waals surface area contributed by atoms with Crippen LogP contribution in [0.15, 0.2) is 54.9 Å². The molecule has 1 aliphatic rings. The van der Waals surface area contributed by atoms with E-state index < -0.39 is 6.67 Å². The van der Waals surface area contributed by atoms with Gasteiger partial charge in [-0.3, -0.25) is 9.69 Å². The Bertz CT molecular complexity index is 1210. The first-order chi connectivity index (χ1) is 16.9. The van der Waals surface area contributed by atoms with Gasteiger partial charge in [0.05, 0.1) is 0 Å². The molecule has 1 aliphatic carbocycles. The normalized spacial score (nSPS) is 13.4. The highest BCUT2D eigenvalue weighted by Crippen LogP contribution is 2.28. The topological polar surface area (TPSA) is 113 Å². The first kappa shape index (κ1) is 24.1. The van der Waals surface area contributed by atoms with E-state index in [0.717, 1.165) is 31.2 Å². The Morgan fingerprint density at radius 3 is 2.63 bits per heavy atom. The lowest BCUT2D eigenvalue weighted by atomic mass is 10.1. The van der Waals surface area contributed by atoms with Crippen LogP contribution in [0.2, 0.25) is 0 Å². The van der Waals surface area contributed by atoms with E-state index >= 15 is 0 Å². The lowest BCUT2D eigenvalue weighted by Gasteiger charge is -2.25. The van der Waals surface area contributed by atoms with E-state index in [1.54, 1.807) is 41.3 Å². The zero-order valence-electron chi connectivity index (χ0n) is 19.6. The molecule has 0 aliphatic heterocycles. The van der Waals surface area contributed by atoms with Crippen molar-refractivity contribution in [2.45, 2.75) is 39.3 Å². The molecule has 0 atom stereocenters. The van der Waals surface area contributed by atoms with Crippen molar-refractivity contribution in [3.05, 3.63) is 71.5 Å². The van der Waals surface area contributed by atoms with Crippen LogP contribution in [0.1, 0.15) is 47.2 Å². The Morgan fingerprint density at radius 2 is 1.89 bits per heavy atom. The quantitative estimate of drug-likeness (QED) is 0.427. The Labute approximate surface area is 203 Å². The van der Waals surface area contributed by atoms with E-state index in [1.807, 2.05) is 13.0 Å². The lowest BCUT2D eigenvalue weighted by Crippen LogP contribution is -2.39. The predicted molar refractivity (Wildman–Crippen MR) is 135 cm³/mol. The van der Waals surface area contributed by atoms with Crippen LogP contribution >= 0.6 is 0 Å². The fourth-order valence-corrected chi connectivity index (χ4v) is 4.26. The number of rotatable bonds is 7. The summed E-state index contributed by atoms with van der Waals surface area (Å²) in [7, 11) is 0. The van der Waals surface area contributed by atoms with E-state index in [-0.39, 0.29) is 17.8 Å². The molecule has 2 aromatic carbocycles. The van der Waals surface area contributed by atoms with Crippen molar-refractivity contribution in [1.29, 1.82) is 0 Å². The molecule has 1 fully saturated rings. The van der Waals surface area contributed by atoms with Crippen LogP contribution in [0.3, 0.4) is 0 Å². The van der Waals surface area contributed by atoms with Crippen LogP contribution in [0.5, 0.6) is 0 Å². The van der Waals surface area contributed by atoms with Gasteiger partial charge in [-0.05, 0) is 61.1 Å². The second kappa shape index (κ2) is 10.9. The number of anilines is 4. The summed E-state index contributed by atoms with van der Waals surface area (Å²) in [5, 5.41) is 5.77. The zero-order valence-corrected chi connectivity index (χ0v) is 19.6. The van der Waals surface area contributed by atoms with Crippen molar-refractivity contribution in [2.24, 2.45) is 5.92 Å². The van der Waals surface area contributed by atoms with E-state index in [2.05, 4.69) is 20.6 Å². The minimum atomic E-state index is -0.642. The lowest BCUT2D eigenvalue weighted by molar-refractivity contribution is 0.102. The third-order valence-electron chi connectivity index (χ3n) is 6.19. The van der Waals surface area contributed by atoms with Crippen molar-refractivity contribution >= 4 is 34.9 Å². The van der Waals surface area contributed by atoms with Crippen LogP contribution < -0.4 is 21.3 Å². The molecule has 35 heavy (non-hydrogen) atoms. The number of benzene rings is 2. The second-order valence-electron chi connectivity index (χ2n) is 8.81. The fourth-order valence-electron chi connectivity index (χ4n) is 4.26. The van der Waals surface area contributed by atoms with Crippen molar-refractivity contribution in [1.82, 2.24) is 9.97 Å². The number of aromatic nitrogens is 2. The van der Waals surface area contributed by atoms with Crippen LogP contribution in [-0.2, 0) is 6.67 Å². The monoisotopic (exact) mass is 476 g/mol. The molecule has 1 aromatic heterocycles. The van der Waals surface area contributed by atoms with E-state index in [4.69, 9.17) is 5.73 Å². The number of hydrogen-bond acceptors (Lipinski definition) is 5. The molecule has 8 nitrogen and oxygen atoms in total. The molecular formula is C26H29FN6O2. The number of nitrogens with one attached hydrogen (secondary N) is 2. The number of carbonyl (C=O) groups excluding carboxylic acids is 2. The molecule has 0 radical (unpaired) electrons. The van der Waals surface area contributed by atoms with E-state index in [9.17, 15) is 14.0 Å². The number of urea groups is 1. The summed E-state index contributed by atoms with van der Waals surface area (Å²) < 4.78 is 13.0. The molecule has 9 heteroatoms. The van der Waals surface area contributed by atoms with Crippen molar-refractivity contribution in [3.63, 3.8) is 0 Å². The highest BCUT2D eigenvalue weighted by molar-refractivity contribution is 6.05. The Hall–Kier alpha value is -4.01. The maximum atomic E-state index is 13.4. The van der Waals surface area contributed by atoms with Gasteiger partial charge in [-0.25, -0.2) is 19.2 Å². The molecule has 0 saturated heterocycles. The molecule has 3 amide bonds. The number of amides is 3. The summed E-state index contributed by atoms with van der Waals surface area (Å²) in [6.45, 7) is 1.76. The molecule has 4 rings (SSSR count). The molecule has 1 saturated carbocycles. The Balaban J connectivity index is 1.52. The SMILES string of the molecule is Cc1ccc(NC(=O)c2cccc(CF)c2)cc1NC(=O)N(CC1CCCC1)c1cc(N)ncn1. The molecule has 4 N–H and O–H groups in total. The fraction of sp³-hybridized carbons (Fsp3) is 0.308. The molecule has 1 heterocycles. The summed E-state index contributed by atoms with van der Waals surface area (Å²) in [4.78, 5) is 35.8. The van der Waals surface area contributed by atoms with Gasteiger partial charge in [0.25, 0.3) is 5.91 Å². The Kier molecular flexibility index (Phi) is 7.54. The number of aryl methyl sites for hydroxylation is 1.